The average Bonchev–Trinajstić information content (AvgIpc) is 2.81. The Morgan fingerprint density at radius 3 is 2.57 bits per heavy atom. The van der Waals surface area contributed by atoms with E-state index in [1.807, 2.05) is 26.0 Å². The Labute approximate surface area is 132 Å². The van der Waals surface area contributed by atoms with E-state index < -0.39 is 10.0 Å². The van der Waals surface area contributed by atoms with Gasteiger partial charge in [-0.05, 0) is 33.5 Å². The Morgan fingerprint density at radius 2 is 2.00 bits per heavy atom. The SMILES string of the molecule is CC(C)c1ccccc1NS(=O)(=O)c1cc(CO)oc1Br. The summed E-state index contributed by atoms with van der Waals surface area (Å²) in [5.74, 6) is 0.365. The van der Waals surface area contributed by atoms with Crippen LogP contribution in [0, 0.1) is 0 Å². The van der Waals surface area contributed by atoms with Crippen molar-refractivity contribution >= 4 is 31.6 Å². The number of hydrogen-bond donors (Lipinski definition) is 2. The number of anilines is 1. The van der Waals surface area contributed by atoms with Gasteiger partial charge in [0.05, 0.1) is 5.69 Å². The van der Waals surface area contributed by atoms with Crippen LogP contribution in [0.1, 0.15) is 31.1 Å². The summed E-state index contributed by atoms with van der Waals surface area (Å²) < 4.78 is 32.6. The Hall–Kier alpha value is -1.31. The molecule has 0 aliphatic carbocycles. The highest BCUT2D eigenvalue weighted by Crippen LogP contribution is 2.30. The van der Waals surface area contributed by atoms with Gasteiger partial charge < -0.3 is 9.52 Å². The normalized spacial score (nSPS) is 11.9. The van der Waals surface area contributed by atoms with Gasteiger partial charge in [0.25, 0.3) is 10.0 Å². The van der Waals surface area contributed by atoms with Crippen molar-refractivity contribution in [2.75, 3.05) is 4.72 Å². The van der Waals surface area contributed by atoms with Gasteiger partial charge in [0, 0.05) is 6.07 Å². The number of halogens is 1. The molecule has 0 bridgehead atoms. The number of nitrogens with one attached hydrogen (secondary N) is 1. The van der Waals surface area contributed by atoms with E-state index >= 15 is 0 Å². The van der Waals surface area contributed by atoms with Crippen molar-refractivity contribution in [3.05, 3.63) is 46.3 Å². The zero-order valence-corrected chi connectivity index (χ0v) is 14.0. The molecule has 1 aromatic heterocycles. The summed E-state index contributed by atoms with van der Waals surface area (Å²) in [5.41, 5.74) is 1.44. The molecule has 0 fully saturated rings. The zero-order valence-electron chi connectivity index (χ0n) is 11.6. The summed E-state index contributed by atoms with van der Waals surface area (Å²) in [6.45, 7) is 3.62. The Balaban J connectivity index is 2.40. The molecule has 0 atom stereocenters. The molecule has 0 radical (unpaired) electrons. The van der Waals surface area contributed by atoms with Gasteiger partial charge in [0.1, 0.15) is 17.3 Å². The van der Waals surface area contributed by atoms with Gasteiger partial charge in [-0.3, -0.25) is 4.72 Å². The van der Waals surface area contributed by atoms with Crippen molar-refractivity contribution in [1.29, 1.82) is 0 Å². The van der Waals surface area contributed by atoms with Crippen LogP contribution >= 0.6 is 15.9 Å². The number of rotatable bonds is 5. The highest BCUT2D eigenvalue weighted by Gasteiger charge is 2.23. The van der Waals surface area contributed by atoms with Crippen molar-refractivity contribution in [1.82, 2.24) is 0 Å². The van der Waals surface area contributed by atoms with Gasteiger partial charge in [0.2, 0.25) is 0 Å². The molecule has 1 aromatic carbocycles. The second-order valence-electron chi connectivity index (χ2n) is 4.86. The molecule has 7 heteroatoms. The van der Waals surface area contributed by atoms with Gasteiger partial charge in [-0.25, -0.2) is 8.42 Å². The van der Waals surface area contributed by atoms with E-state index in [1.54, 1.807) is 12.1 Å². The van der Waals surface area contributed by atoms with Crippen LogP contribution in [-0.4, -0.2) is 13.5 Å². The molecule has 114 valence electrons. The van der Waals surface area contributed by atoms with E-state index in [4.69, 9.17) is 9.52 Å². The van der Waals surface area contributed by atoms with E-state index in [2.05, 4.69) is 20.7 Å². The molecule has 1 heterocycles. The largest absolute Gasteiger partial charge is 0.450 e. The summed E-state index contributed by atoms with van der Waals surface area (Å²) in [7, 11) is -3.79. The second-order valence-corrected chi connectivity index (χ2v) is 7.23. The molecule has 2 rings (SSSR count). The maximum atomic E-state index is 12.4. The molecule has 0 aliphatic heterocycles. The van der Waals surface area contributed by atoms with Crippen LogP contribution < -0.4 is 4.72 Å². The number of sulfonamides is 1. The first-order valence-corrected chi connectivity index (χ1v) is 8.63. The predicted octanol–water partition coefficient (Wildman–Crippen LogP) is 3.46. The van der Waals surface area contributed by atoms with E-state index in [0.29, 0.717) is 5.69 Å². The Kier molecular flexibility index (Phi) is 4.75. The van der Waals surface area contributed by atoms with Crippen LogP contribution in [-0.2, 0) is 16.6 Å². The van der Waals surface area contributed by atoms with E-state index in [9.17, 15) is 8.42 Å². The molecule has 0 saturated carbocycles. The smallest absolute Gasteiger partial charge is 0.266 e. The van der Waals surface area contributed by atoms with Crippen molar-refractivity contribution in [3.63, 3.8) is 0 Å². The first-order chi connectivity index (χ1) is 9.85. The Bertz CT molecular complexity index is 737. The monoisotopic (exact) mass is 373 g/mol. The average molecular weight is 374 g/mol. The van der Waals surface area contributed by atoms with Crippen LogP contribution in [0.2, 0.25) is 0 Å². The lowest BCUT2D eigenvalue weighted by Gasteiger charge is -2.14. The molecule has 5 nitrogen and oxygen atoms in total. The fourth-order valence-electron chi connectivity index (χ4n) is 1.95. The first kappa shape index (κ1) is 16.1. The number of furan rings is 1. The maximum Gasteiger partial charge on any atom is 0.266 e. The predicted molar refractivity (Wildman–Crippen MR) is 83.7 cm³/mol. The number of aliphatic hydroxyl groups excluding tert-OH is 1. The molecule has 2 N–H and O–H groups in total. The third-order valence-corrected chi connectivity index (χ3v) is 5.20. The molecule has 2 aromatic rings. The highest BCUT2D eigenvalue weighted by molar-refractivity contribution is 9.10. The zero-order chi connectivity index (χ0) is 15.6. The third-order valence-electron chi connectivity index (χ3n) is 2.98. The minimum Gasteiger partial charge on any atom is -0.450 e. The fourth-order valence-corrected chi connectivity index (χ4v) is 4.04. The van der Waals surface area contributed by atoms with Crippen molar-refractivity contribution < 1.29 is 17.9 Å². The topological polar surface area (TPSA) is 79.5 Å². The van der Waals surface area contributed by atoms with Crippen LogP contribution in [0.25, 0.3) is 0 Å². The van der Waals surface area contributed by atoms with Gasteiger partial charge in [-0.1, -0.05) is 32.0 Å². The van der Waals surface area contributed by atoms with E-state index in [1.165, 1.54) is 6.07 Å². The van der Waals surface area contributed by atoms with Crippen LogP contribution in [0.4, 0.5) is 5.69 Å². The third kappa shape index (κ3) is 3.48. The van der Waals surface area contributed by atoms with Gasteiger partial charge >= 0.3 is 0 Å². The summed E-state index contributed by atoms with van der Waals surface area (Å²) in [5, 5.41) is 9.02. The van der Waals surface area contributed by atoms with Gasteiger partial charge in [-0.15, -0.1) is 0 Å². The molecule has 0 unspecified atom stereocenters. The highest BCUT2D eigenvalue weighted by atomic mass is 79.9. The summed E-state index contributed by atoms with van der Waals surface area (Å²) in [6.07, 6.45) is 0. The minimum atomic E-state index is -3.79. The molecule has 0 amide bonds. The molecule has 0 saturated heterocycles. The summed E-state index contributed by atoms with van der Waals surface area (Å²) >= 11 is 3.06. The lowest BCUT2D eigenvalue weighted by atomic mass is 10.0. The molecule has 0 spiro atoms. The van der Waals surface area contributed by atoms with Gasteiger partial charge in [-0.2, -0.15) is 0 Å². The van der Waals surface area contributed by atoms with Crippen LogP contribution in [0.5, 0.6) is 0 Å². The number of benzene rings is 1. The van der Waals surface area contributed by atoms with Crippen molar-refractivity contribution in [3.8, 4) is 0 Å². The molecular formula is C14H16BrNO4S. The van der Waals surface area contributed by atoms with E-state index in [0.717, 1.165) is 5.56 Å². The lowest BCUT2D eigenvalue weighted by molar-refractivity contribution is 0.245. The van der Waals surface area contributed by atoms with Crippen LogP contribution in [0.3, 0.4) is 0 Å². The first-order valence-electron chi connectivity index (χ1n) is 6.36. The maximum absolute atomic E-state index is 12.4. The fraction of sp³-hybridized carbons (Fsp3) is 0.286. The van der Waals surface area contributed by atoms with Gasteiger partial charge in [0.15, 0.2) is 4.67 Å². The Morgan fingerprint density at radius 1 is 1.33 bits per heavy atom. The van der Waals surface area contributed by atoms with E-state index in [-0.39, 0.29) is 27.9 Å². The van der Waals surface area contributed by atoms with Crippen molar-refractivity contribution in [2.45, 2.75) is 31.3 Å². The summed E-state index contributed by atoms with van der Waals surface area (Å²) in [4.78, 5) is -0.0369. The standard InChI is InChI=1S/C14H16BrNO4S/c1-9(2)11-5-3-4-6-12(11)16-21(18,19)13-7-10(8-17)20-14(13)15/h3-7,9,16-17H,8H2,1-2H3. The number of hydrogen-bond acceptors (Lipinski definition) is 4. The minimum absolute atomic E-state index is 0.0369. The molecular weight excluding hydrogens is 358 g/mol. The number of aliphatic hydroxyl groups is 1. The second kappa shape index (κ2) is 6.21. The lowest BCUT2D eigenvalue weighted by Crippen LogP contribution is -2.14. The molecule has 21 heavy (non-hydrogen) atoms. The molecule has 0 aliphatic rings. The summed E-state index contributed by atoms with van der Waals surface area (Å²) in [6, 6.07) is 8.53. The quantitative estimate of drug-likeness (QED) is 0.840. The number of para-hydroxylation sites is 1. The van der Waals surface area contributed by atoms with Crippen molar-refractivity contribution in [2.24, 2.45) is 0 Å². The van der Waals surface area contributed by atoms with Crippen LogP contribution in [0.15, 0.2) is 44.3 Å².